The van der Waals surface area contributed by atoms with Crippen LogP contribution in [0, 0.1) is 0 Å². The summed E-state index contributed by atoms with van der Waals surface area (Å²) in [6.07, 6.45) is 6.88. The average Bonchev–Trinajstić information content (AvgIpc) is 2.77. The summed E-state index contributed by atoms with van der Waals surface area (Å²) < 4.78 is 5.63. The van der Waals surface area contributed by atoms with E-state index in [0.29, 0.717) is 6.04 Å². The van der Waals surface area contributed by atoms with E-state index in [1.807, 2.05) is 18.2 Å². The number of hydrogen-bond donors (Lipinski definition) is 1. The van der Waals surface area contributed by atoms with Crippen LogP contribution in [-0.4, -0.2) is 13.2 Å². The van der Waals surface area contributed by atoms with Crippen molar-refractivity contribution in [3.63, 3.8) is 0 Å². The minimum Gasteiger partial charge on any atom is -0.491 e. The van der Waals surface area contributed by atoms with E-state index >= 15 is 0 Å². The summed E-state index contributed by atoms with van der Waals surface area (Å²) in [5.74, 6) is 1.04. The highest BCUT2D eigenvalue weighted by Gasteiger charge is 2.22. The molecule has 0 saturated heterocycles. The SMILES string of the molecule is C=CCCCCCNC1COc2ccccc21. The van der Waals surface area contributed by atoms with E-state index < -0.39 is 0 Å². The monoisotopic (exact) mass is 231 g/mol. The molecule has 0 saturated carbocycles. The third kappa shape index (κ3) is 3.34. The number of hydrogen-bond acceptors (Lipinski definition) is 2. The molecule has 1 heterocycles. The molecule has 0 radical (unpaired) electrons. The predicted molar refractivity (Wildman–Crippen MR) is 71.3 cm³/mol. The Morgan fingerprint density at radius 2 is 2.18 bits per heavy atom. The molecule has 2 rings (SSSR count). The fourth-order valence-electron chi connectivity index (χ4n) is 2.20. The van der Waals surface area contributed by atoms with Crippen molar-refractivity contribution in [2.75, 3.05) is 13.2 Å². The lowest BCUT2D eigenvalue weighted by atomic mass is 10.1. The maximum atomic E-state index is 5.63. The molecule has 0 aromatic heterocycles. The summed E-state index contributed by atoms with van der Waals surface area (Å²) in [6, 6.07) is 8.67. The van der Waals surface area contributed by atoms with Crippen molar-refractivity contribution in [3.8, 4) is 5.75 Å². The number of fused-ring (bicyclic) bond motifs is 1. The largest absolute Gasteiger partial charge is 0.491 e. The van der Waals surface area contributed by atoms with Crippen LogP contribution in [0.25, 0.3) is 0 Å². The van der Waals surface area contributed by atoms with Crippen molar-refractivity contribution in [2.24, 2.45) is 0 Å². The molecular weight excluding hydrogens is 210 g/mol. The Labute approximate surface area is 104 Å². The zero-order chi connectivity index (χ0) is 11.9. The van der Waals surface area contributed by atoms with Gasteiger partial charge >= 0.3 is 0 Å². The minimum absolute atomic E-state index is 0.380. The number of allylic oxidation sites excluding steroid dienone is 1. The standard InChI is InChI=1S/C15H21NO/c1-2-3-4-5-8-11-16-14-12-17-15-10-7-6-9-13(14)15/h2,6-7,9-10,14,16H,1,3-5,8,11-12H2. The molecule has 1 aliphatic heterocycles. The van der Waals surface area contributed by atoms with E-state index in [4.69, 9.17) is 4.74 Å². The summed E-state index contributed by atoms with van der Waals surface area (Å²) in [7, 11) is 0. The number of rotatable bonds is 7. The Balaban J connectivity index is 1.69. The topological polar surface area (TPSA) is 21.3 Å². The Morgan fingerprint density at radius 1 is 1.29 bits per heavy atom. The number of ether oxygens (including phenoxy) is 1. The van der Waals surface area contributed by atoms with Gasteiger partial charge in [-0.15, -0.1) is 6.58 Å². The maximum Gasteiger partial charge on any atom is 0.124 e. The first-order valence-electron chi connectivity index (χ1n) is 6.48. The second kappa shape index (κ2) is 6.45. The summed E-state index contributed by atoms with van der Waals surface area (Å²) in [5, 5.41) is 3.56. The molecule has 0 amide bonds. The van der Waals surface area contributed by atoms with Gasteiger partial charge in [-0.3, -0.25) is 0 Å². The number of benzene rings is 1. The lowest BCUT2D eigenvalue weighted by Crippen LogP contribution is -2.23. The van der Waals surface area contributed by atoms with Crippen molar-refractivity contribution >= 4 is 0 Å². The number of nitrogens with one attached hydrogen (secondary N) is 1. The molecule has 92 valence electrons. The second-order valence-corrected chi connectivity index (χ2v) is 4.49. The van der Waals surface area contributed by atoms with Crippen LogP contribution in [0.3, 0.4) is 0 Å². The van der Waals surface area contributed by atoms with E-state index in [2.05, 4.69) is 24.0 Å². The first kappa shape index (κ1) is 12.2. The number of para-hydroxylation sites is 1. The third-order valence-corrected chi connectivity index (χ3v) is 3.18. The molecule has 1 atom stereocenters. The van der Waals surface area contributed by atoms with Crippen LogP contribution >= 0.6 is 0 Å². The fraction of sp³-hybridized carbons (Fsp3) is 0.467. The van der Waals surface area contributed by atoms with Crippen LogP contribution in [0.1, 0.15) is 37.3 Å². The van der Waals surface area contributed by atoms with E-state index in [1.54, 1.807) is 0 Å². The van der Waals surface area contributed by atoms with Gasteiger partial charge in [-0.25, -0.2) is 0 Å². The molecule has 17 heavy (non-hydrogen) atoms. The first-order chi connectivity index (χ1) is 8.42. The second-order valence-electron chi connectivity index (χ2n) is 4.49. The van der Waals surface area contributed by atoms with Gasteiger partial charge in [0, 0.05) is 5.56 Å². The number of unbranched alkanes of at least 4 members (excludes halogenated alkanes) is 3. The van der Waals surface area contributed by atoms with Gasteiger partial charge in [0.2, 0.25) is 0 Å². The van der Waals surface area contributed by atoms with Crippen LogP contribution in [0.2, 0.25) is 0 Å². The van der Waals surface area contributed by atoms with Crippen molar-refractivity contribution in [1.82, 2.24) is 5.32 Å². The smallest absolute Gasteiger partial charge is 0.124 e. The van der Waals surface area contributed by atoms with E-state index in [0.717, 1.165) is 25.3 Å². The Morgan fingerprint density at radius 3 is 3.06 bits per heavy atom. The molecule has 0 fully saturated rings. The van der Waals surface area contributed by atoms with Crippen molar-refractivity contribution in [3.05, 3.63) is 42.5 Å². The Bertz CT molecular complexity index is 362. The molecule has 2 heteroatoms. The maximum absolute atomic E-state index is 5.63. The van der Waals surface area contributed by atoms with Gasteiger partial charge in [0.1, 0.15) is 12.4 Å². The molecule has 1 N–H and O–H groups in total. The molecule has 1 aliphatic rings. The Hall–Kier alpha value is -1.28. The lowest BCUT2D eigenvalue weighted by Gasteiger charge is -2.11. The summed E-state index contributed by atoms with van der Waals surface area (Å²) in [4.78, 5) is 0. The molecule has 2 nitrogen and oxygen atoms in total. The predicted octanol–water partition coefficient (Wildman–Crippen LogP) is 3.46. The van der Waals surface area contributed by atoms with Crippen LogP contribution < -0.4 is 10.1 Å². The molecule has 1 unspecified atom stereocenters. The summed E-state index contributed by atoms with van der Waals surface area (Å²) >= 11 is 0. The zero-order valence-corrected chi connectivity index (χ0v) is 10.3. The van der Waals surface area contributed by atoms with Crippen LogP contribution in [0.15, 0.2) is 36.9 Å². The fourth-order valence-corrected chi connectivity index (χ4v) is 2.20. The van der Waals surface area contributed by atoms with Crippen LogP contribution in [0.4, 0.5) is 0 Å². The highest BCUT2D eigenvalue weighted by atomic mass is 16.5. The summed E-state index contributed by atoms with van der Waals surface area (Å²) in [5.41, 5.74) is 1.30. The van der Waals surface area contributed by atoms with E-state index in [1.165, 1.54) is 24.8 Å². The molecule has 0 aliphatic carbocycles. The van der Waals surface area contributed by atoms with Gasteiger partial charge in [0.15, 0.2) is 0 Å². The zero-order valence-electron chi connectivity index (χ0n) is 10.3. The minimum atomic E-state index is 0.380. The molecular formula is C15H21NO. The van der Waals surface area contributed by atoms with Gasteiger partial charge in [-0.1, -0.05) is 30.7 Å². The lowest BCUT2D eigenvalue weighted by molar-refractivity contribution is 0.310. The van der Waals surface area contributed by atoms with Crippen molar-refractivity contribution < 1.29 is 4.74 Å². The Kier molecular flexibility index (Phi) is 4.63. The molecule has 1 aromatic carbocycles. The summed E-state index contributed by atoms with van der Waals surface area (Å²) in [6.45, 7) is 5.57. The first-order valence-corrected chi connectivity index (χ1v) is 6.48. The van der Waals surface area contributed by atoms with Gasteiger partial charge in [0.05, 0.1) is 6.04 Å². The van der Waals surface area contributed by atoms with Gasteiger partial charge in [0.25, 0.3) is 0 Å². The van der Waals surface area contributed by atoms with E-state index in [-0.39, 0.29) is 0 Å². The molecule has 0 spiro atoms. The molecule has 0 bridgehead atoms. The van der Waals surface area contributed by atoms with Crippen LogP contribution in [0.5, 0.6) is 5.75 Å². The normalized spacial score (nSPS) is 17.5. The van der Waals surface area contributed by atoms with Crippen molar-refractivity contribution in [2.45, 2.75) is 31.7 Å². The highest BCUT2D eigenvalue weighted by molar-refractivity contribution is 5.39. The van der Waals surface area contributed by atoms with Gasteiger partial charge in [-0.2, -0.15) is 0 Å². The third-order valence-electron chi connectivity index (χ3n) is 3.18. The van der Waals surface area contributed by atoms with Crippen LogP contribution in [-0.2, 0) is 0 Å². The van der Waals surface area contributed by atoms with Crippen molar-refractivity contribution in [1.29, 1.82) is 0 Å². The van der Waals surface area contributed by atoms with E-state index in [9.17, 15) is 0 Å². The van der Waals surface area contributed by atoms with Gasteiger partial charge < -0.3 is 10.1 Å². The average molecular weight is 231 g/mol. The molecule has 1 aromatic rings. The van der Waals surface area contributed by atoms with Gasteiger partial charge in [-0.05, 0) is 31.9 Å². The highest BCUT2D eigenvalue weighted by Crippen LogP contribution is 2.31. The quantitative estimate of drug-likeness (QED) is 0.573.